The summed E-state index contributed by atoms with van der Waals surface area (Å²) in [5.74, 6) is 6.29. The van der Waals surface area contributed by atoms with Gasteiger partial charge in [-0.25, -0.2) is 4.79 Å². The first-order valence-corrected chi connectivity index (χ1v) is 10.8. The van der Waals surface area contributed by atoms with Gasteiger partial charge < -0.3 is 11.1 Å². The molecular weight excluding hydrogens is 418 g/mol. The van der Waals surface area contributed by atoms with E-state index in [4.69, 9.17) is 5.73 Å². The smallest absolute Gasteiger partial charge is 0.332 e. The van der Waals surface area contributed by atoms with Crippen LogP contribution in [0.25, 0.3) is 21.9 Å². The van der Waals surface area contributed by atoms with Gasteiger partial charge in [-0.15, -0.1) is 5.92 Å². The van der Waals surface area contributed by atoms with Crippen molar-refractivity contribution < 1.29 is 0 Å². The van der Waals surface area contributed by atoms with Crippen LogP contribution in [0, 0.1) is 18.8 Å². The lowest BCUT2D eigenvalue weighted by atomic mass is 10.1. The molecule has 3 heterocycles. The van der Waals surface area contributed by atoms with Crippen molar-refractivity contribution in [1.29, 1.82) is 0 Å². The molecule has 1 atom stereocenters. The molecule has 0 saturated carbocycles. The Bertz CT molecular complexity index is 1530. The first kappa shape index (κ1) is 22.3. The molecule has 3 aromatic heterocycles. The number of hydrogen-bond donors (Lipinski definition) is 2. The molecule has 4 rings (SSSR count). The molecule has 170 valence electrons. The van der Waals surface area contributed by atoms with Gasteiger partial charge >= 0.3 is 5.69 Å². The molecule has 0 aliphatic rings. The van der Waals surface area contributed by atoms with Crippen LogP contribution in [0.2, 0.25) is 0 Å². The van der Waals surface area contributed by atoms with Gasteiger partial charge in [-0.3, -0.25) is 23.5 Å². The second kappa shape index (κ2) is 8.92. The van der Waals surface area contributed by atoms with Crippen molar-refractivity contribution in [1.82, 2.24) is 23.7 Å². The molecule has 4 aromatic rings. The first-order valence-electron chi connectivity index (χ1n) is 10.8. The van der Waals surface area contributed by atoms with Crippen LogP contribution in [-0.2, 0) is 20.1 Å². The molecule has 9 heteroatoms. The summed E-state index contributed by atoms with van der Waals surface area (Å²) < 4.78 is 4.30. The van der Waals surface area contributed by atoms with Crippen molar-refractivity contribution in [3.63, 3.8) is 0 Å². The van der Waals surface area contributed by atoms with Crippen LogP contribution in [0.5, 0.6) is 0 Å². The van der Waals surface area contributed by atoms with E-state index >= 15 is 0 Å². The van der Waals surface area contributed by atoms with E-state index in [1.54, 1.807) is 18.5 Å². The highest BCUT2D eigenvalue weighted by molar-refractivity contribution is 5.85. The van der Waals surface area contributed by atoms with E-state index in [1.807, 2.05) is 44.2 Å². The van der Waals surface area contributed by atoms with Crippen molar-refractivity contribution in [3.05, 3.63) is 62.6 Å². The number of aromatic nitrogens is 5. The zero-order valence-corrected chi connectivity index (χ0v) is 19.2. The van der Waals surface area contributed by atoms with E-state index in [1.165, 1.54) is 9.13 Å². The number of fused-ring (bicyclic) bond motifs is 2. The number of nitrogens with zero attached hydrogens (tertiary/aromatic N) is 5. The van der Waals surface area contributed by atoms with Gasteiger partial charge in [0.15, 0.2) is 11.2 Å². The molecule has 9 nitrogen and oxygen atoms in total. The number of anilines is 1. The van der Waals surface area contributed by atoms with Gasteiger partial charge in [-0.2, -0.15) is 4.98 Å². The maximum atomic E-state index is 13.6. The Kier molecular flexibility index (Phi) is 6.03. The van der Waals surface area contributed by atoms with E-state index in [-0.39, 0.29) is 19.1 Å². The molecule has 0 saturated heterocycles. The molecule has 3 N–H and O–H groups in total. The minimum atomic E-state index is -0.454. The van der Waals surface area contributed by atoms with E-state index in [0.29, 0.717) is 29.4 Å². The van der Waals surface area contributed by atoms with Crippen LogP contribution in [0.3, 0.4) is 0 Å². The Morgan fingerprint density at radius 1 is 1.18 bits per heavy atom. The summed E-state index contributed by atoms with van der Waals surface area (Å²) in [6.45, 7) is 6.27. The van der Waals surface area contributed by atoms with Crippen molar-refractivity contribution in [3.8, 4) is 11.8 Å². The quantitative estimate of drug-likeness (QED) is 0.436. The average molecular weight is 446 g/mol. The fourth-order valence-corrected chi connectivity index (χ4v) is 3.90. The number of nitrogens with two attached hydrogens (primary N) is 1. The minimum absolute atomic E-state index is 0.0525. The lowest BCUT2D eigenvalue weighted by Gasteiger charge is -2.12. The normalized spacial score (nSPS) is 12.0. The Morgan fingerprint density at radius 3 is 2.67 bits per heavy atom. The van der Waals surface area contributed by atoms with Crippen LogP contribution in [0.15, 0.2) is 39.9 Å². The summed E-state index contributed by atoms with van der Waals surface area (Å²) in [6, 6.07) is 9.68. The molecular formula is C24H27N7O2. The fraction of sp³-hybridized carbons (Fsp3) is 0.333. The van der Waals surface area contributed by atoms with Gasteiger partial charge in [0.2, 0.25) is 5.95 Å². The molecule has 0 spiro atoms. The van der Waals surface area contributed by atoms with Gasteiger partial charge in [0.05, 0.1) is 18.8 Å². The highest BCUT2D eigenvalue weighted by Gasteiger charge is 2.21. The van der Waals surface area contributed by atoms with Crippen LogP contribution in [0.1, 0.15) is 25.2 Å². The number of rotatable bonds is 6. The molecule has 0 aliphatic carbocycles. The van der Waals surface area contributed by atoms with Crippen LogP contribution in [0.4, 0.5) is 5.95 Å². The van der Waals surface area contributed by atoms with Gasteiger partial charge in [-0.05, 0) is 32.2 Å². The van der Waals surface area contributed by atoms with Gasteiger partial charge in [-0.1, -0.05) is 30.2 Å². The Balaban J connectivity index is 1.94. The van der Waals surface area contributed by atoms with Crippen LogP contribution in [-0.4, -0.2) is 36.3 Å². The third-order valence-electron chi connectivity index (χ3n) is 5.48. The number of nitrogens with one attached hydrogen (secondary N) is 1. The Labute approximate surface area is 190 Å². The van der Waals surface area contributed by atoms with Gasteiger partial charge in [0.1, 0.15) is 0 Å². The summed E-state index contributed by atoms with van der Waals surface area (Å²) in [6.07, 6.45) is 0. The number of imidazole rings is 1. The predicted molar refractivity (Wildman–Crippen MR) is 130 cm³/mol. The number of hydrogen-bond acceptors (Lipinski definition) is 6. The lowest BCUT2D eigenvalue weighted by Crippen LogP contribution is -2.40. The van der Waals surface area contributed by atoms with E-state index < -0.39 is 11.2 Å². The summed E-state index contributed by atoms with van der Waals surface area (Å²) in [7, 11) is 1.61. The van der Waals surface area contributed by atoms with E-state index in [9.17, 15) is 9.59 Å². The van der Waals surface area contributed by atoms with Crippen molar-refractivity contribution >= 4 is 27.9 Å². The molecule has 0 bridgehead atoms. The van der Waals surface area contributed by atoms with Crippen molar-refractivity contribution in [2.45, 2.75) is 39.9 Å². The van der Waals surface area contributed by atoms with Crippen molar-refractivity contribution in [2.24, 2.45) is 12.8 Å². The maximum absolute atomic E-state index is 13.6. The monoisotopic (exact) mass is 445 g/mol. The fourth-order valence-electron chi connectivity index (χ4n) is 3.90. The molecule has 0 fully saturated rings. The minimum Gasteiger partial charge on any atom is -0.354 e. The molecule has 33 heavy (non-hydrogen) atoms. The van der Waals surface area contributed by atoms with Crippen LogP contribution >= 0.6 is 0 Å². The second-order valence-corrected chi connectivity index (χ2v) is 8.14. The number of pyridine rings is 1. The standard InChI is InChI=1S/C24H27N7O2/c1-5-6-11-30-20-21(28-23(30)26-13-15(2)25)29(4)24(33)31(22(20)32)14-19-18-10-8-7-9-17(18)12-16(3)27-19/h7-10,12,15H,11,13-14,25H2,1-4H3,(H,26,28)/t15-/m0/s1. The SMILES string of the molecule is CC#CCn1c(NC[C@H](C)N)nc2c1c(=O)n(Cc1nc(C)cc3ccccc13)c(=O)n2C. The molecule has 0 amide bonds. The first-order chi connectivity index (χ1) is 15.8. The highest BCUT2D eigenvalue weighted by atomic mass is 16.2. The zero-order chi connectivity index (χ0) is 23.7. The molecule has 1 aromatic carbocycles. The number of aryl methyl sites for hydroxylation is 2. The topological polar surface area (TPSA) is 113 Å². The lowest BCUT2D eigenvalue weighted by molar-refractivity contribution is 0.646. The highest BCUT2D eigenvalue weighted by Crippen LogP contribution is 2.19. The largest absolute Gasteiger partial charge is 0.354 e. The summed E-state index contributed by atoms with van der Waals surface area (Å²) in [5.41, 5.74) is 7.09. The summed E-state index contributed by atoms with van der Waals surface area (Å²) in [4.78, 5) is 36.0. The molecule has 0 aliphatic heterocycles. The third kappa shape index (κ3) is 4.13. The van der Waals surface area contributed by atoms with E-state index in [2.05, 4.69) is 27.1 Å². The number of benzene rings is 1. The van der Waals surface area contributed by atoms with Crippen LogP contribution < -0.4 is 22.3 Å². The Morgan fingerprint density at radius 2 is 1.94 bits per heavy atom. The second-order valence-electron chi connectivity index (χ2n) is 8.14. The Hall–Kier alpha value is -3.90. The van der Waals surface area contributed by atoms with E-state index in [0.717, 1.165) is 16.5 Å². The third-order valence-corrected chi connectivity index (χ3v) is 5.48. The van der Waals surface area contributed by atoms with Gasteiger partial charge in [0.25, 0.3) is 5.56 Å². The van der Waals surface area contributed by atoms with Crippen molar-refractivity contribution in [2.75, 3.05) is 11.9 Å². The summed E-state index contributed by atoms with van der Waals surface area (Å²) >= 11 is 0. The predicted octanol–water partition coefficient (Wildman–Crippen LogP) is 1.58. The molecule has 0 radical (unpaired) electrons. The summed E-state index contributed by atoms with van der Waals surface area (Å²) in [5, 5.41) is 5.08. The average Bonchev–Trinajstić information content (AvgIpc) is 3.16. The molecule has 0 unspecified atom stereocenters. The zero-order valence-electron chi connectivity index (χ0n) is 19.2. The maximum Gasteiger partial charge on any atom is 0.332 e. The van der Waals surface area contributed by atoms with Gasteiger partial charge in [0, 0.05) is 30.7 Å².